The molecule has 0 radical (unpaired) electrons. The van der Waals surface area contributed by atoms with Crippen molar-refractivity contribution in [1.82, 2.24) is 5.32 Å². The van der Waals surface area contributed by atoms with Gasteiger partial charge in [-0.25, -0.2) is 0 Å². The van der Waals surface area contributed by atoms with E-state index in [1.54, 1.807) is 53.7 Å². The first-order valence-electron chi connectivity index (χ1n) is 18.4. The predicted molar refractivity (Wildman–Crippen MR) is 212 cm³/mol. The van der Waals surface area contributed by atoms with Gasteiger partial charge in [0.2, 0.25) is 0 Å². The van der Waals surface area contributed by atoms with E-state index in [1.165, 1.54) is 6.07 Å². The minimum atomic E-state index is -4.07. The quantitative estimate of drug-likeness (QED) is 0.0489. The summed E-state index contributed by atoms with van der Waals surface area (Å²) in [4.78, 5) is 28.4. The van der Waals surface area contributed by atoms with Crippen LogP contribution in [0.25, 0.3) is 10.8 Å². The number of hydrogen-bond donors (Lipinski definition) is 1. The lowest BCUT2D eigenvalue weighted by atomic mass is 9.76. The van der Waals surface area contributed by atoms with E-state index in [-0.39, 0.29) is 30.8 Å². The van der Waals surface area contributed by atoms with Gasteiger partial charge >= 0.3 is 11.9 Å². The fraction of sp³-hybridized carbons (Fsp3) is 0.333. The summed E-state index contributed by atoms with van der Waals surface area (Å²) in [6.45, 7) is 10.6. The largest absolute Gasteiger partial charge is 0.460 e. The van der Waals surface area contributed by atoms with Crippen molar-refractivity contribution >= 4 is 32.8 Å². The maximum absolute atomic E-state index is 14.3. The number of rotatable bonds is 15. The smallest absolute Gasteiger partial charge is 0.323 e. The molecule has 1 unspecified atom stereocenters. The van der Waals surface area contributed by atoms with Gasteiger partial charge in [-0.15, -0.1) is 0 Å². The third-order valence-corrected chi connectivity index (χ3v) is 10.2. The molecule has 5 rings (SSSR count). The summed E-state index contributed by atoms with van der Waals surface area (Å²) in [5.74, 6) is -1.85. The van der Waals surface area contributed by atoms with E-state index in [1.807, 2.05) is 115 Å². The van der Waals surface area contributed by atoms with Crippen LogP contribution in [0.15, 0.2) is 138 Å². The first-order valence-corrected chi connectivity index (χ1v) is 19.8. The molecule has 0 aliphatic rings. The minimum Gasteiger partial charge on any atom is -0.460 e. The minimum absolute atomic E-state index is 0.00943. The Bertz CT molecular complexity index is 2010. The van der Waals surface area contributed by atoms with Gasteiger partial charge in [-0.3, -0.25) is 19.1 Å². The molecule has 0 heterocycles. The van der Waals surface area contributed by atoms with Gasteiger partial charge in [-0.1, -0.05) is 121 Å². The topological polar surface area (TPSA) is 108 Å². The second-order valence-electron chi connectivity index (χ2n) is 15.5. The highest BCUT2D eigenvalue weighted by molar-refractivity contribution is 7.86. The molecule has 0 spiro atoms. The average molecular weight is 750 g/mol. The first-order chi connectivity index (χ1) is 25.6. The van der Waals surface area contributed by atoms with Gasteiger partial charge in [-0.2, -0.15) is 8.42 Å². The third-order valence-electron chi connectivity index (χ3n) is 8.91. The predicted octanol–water partition coefficient (Wildman–Crippen LogP) is 8.97. The van der Waals surface area contributed by atoms with Crippen LogP contribution < -0.4 is 5.32 Å². The fourth-order valence-electron chi connectivity index (χ4n) is 6.55. The lowest BCUT2D eigenvalue weighted by Gasteiger charge is -2.40. The van der Waals surface area contributed by atoms with Gasteiger partial charge in [0, 0.05) is 0 Å². The van der Waals surface area contributed by atoms with Crippen LogP contribution in [0.5, 0.6) is 0 Å². The number of ether oxygens (including phenoxy) is 2. The molecule has 1 N–H and O–H groups in total. The van der Waals surface area contributed by atoms with Crippen molar-refractivity contribution in [2.75, 3.05) is 6.61 Å². The highest BCUT2D eigenvalue weighted by Crippen LogP contribution is 2.38. The Kier molecular flexibility index (Phi) is 12.8. The second kappa shape index (κ2) is 17.1. The molecule has 9 heteroatoms. The van der Waals surface area contributed by atoms with Crippen molar-refractivity contribution in [2.24, 2.45) is 5.92 Å². The number of hydrogen-bond acceptors (Lipinski definition) is 8. The van der Waals surface area contributed by atoms with E-state index >= 15 is 0 Å². The summed E-state index contributed by atoms with van der Waals surface area (Å²) in [6, 6.07) is 41.0. The molecule has 0 aliphatic heterocycles. The van der Waals surface area contributed by atoms with Crippen molar-refractivity contribution in [3.05, 3.63) is 150 Å². The monoisotopic (exact) mass is 749 g/mol. The number of benzene rings is 5. The Hall–Kier alpha value is -4.83. The van der Waals surface area contributed by atoms with Crippen LogP contribution in [0.2, 0.25) is 0 Å². The van der Waals surface area contributed by atoms with Crippen molar-refractivity contribution in [3.8, 4) is 0 Å². The molecule has 0 bridgehead atoms. The zero-order valence-electron chi connectivity index (χ0n) is 32.0. The van der Waals surface area contributed by atoms with Crippen LogP contribution in [0, 0.1) is 5.92 Å². The van der Waals surface area contributed by atoms with Crippen molar-refractivity contribution < 1.29 is 31.7 Å². The molecule has 0 saturated heterocycles. The molecule has 2 atom stereocenters. The second-order valence-corrected chi connectivity index (χ2v) is 17.1. The van der Waals surface area contributed by atoms with Gasteiger partial charge in [0.25, 0.3) is 10.1 Å². The standard InChI is InChI=1S/C45H51NO7S/c1-43(2,3)52-41(47)35(21-18-30-51-54(49,50)39-29-28-33-19-16-17-20-34(33)31-39)32-40(42(48)53-44(4,5)6)46-45(36-22-10-7-11-23-36,37-24-12-8-13-25-37)38-26-14-9-15-27-38/h7-17,19-20,22-29,31,35,40,46H,18,21,30,32H2,1-6H3/t35?,40-/m1/s1. The molecule has 284 valence electrons. The van der Waals surface area contributed by atoms with Gasteiger partial charge < -0.3 is 9.47 Å². The van der Waals surface area contributed by atoms with Crippen LogP contribution in [0.1, 0.15) is 77.5 Å². The first kappa shape index (κ1) is 40.4. The molecule has 0 aromatic heterocycles. The van der Waals surface area contributed by atoms with E-state index in [0.29, 0.717) is 0 Å². The number of carbonyl (C=O) groups excluding carboxylic acids is 2. The average Bonchev–Trinajstić information content (AvgIpc) is 3.13. The maximum Gasteiger partial charge on any atom is 0.323 e. The summed E-state index contributed by atoms with van der Waals surface area (Å²) >= 11 is 0. The van der Waals surface area contributed by atoms with E-state index in [2.05, 4.69) is 5.32 Å². The van der Waals surface area contributed by atoms with Crippen LogP contribution >= 0.6 is 0 Å². The summed E-state index contributed by atoms with van der Waals surface area (Å²) < 4.78 is 43.8. The summed E-state index contributed by atoms with van der Waals surface area (Å²) in [5, 5.41) is 5.43. The Morgan fingerprint density at radius 2 is 1.07 bits per heavy atom. The maximum atomic E-state index is 14.3. The summed E-state index contributed by atoms with van der Waals surface area (Å²) in [6.07, 6.45) is 0.409. The summed E-state index contributed by atoms with van der Waals surface area (Å²) in [7, 11) is -4.07. The number of fused-ring (bicyclic) bond motifs is 1. The Morgan fingerprint density at radius 3 is 1.57 bits per heavy atom. The van der Waals surface area contributed by atoms with Crippen molar-refractivity contribution in [1.29, 1.82) is 0 Å². The Labute approximate surface area is 320 Å². The van der Waals surface area contributed by atoms with Crippen molar-refractivity contribution in [3.63, 3.8) is 0 Å². The molecule has 0 fully saturated rings. The van der Waals surface area contributed by atoms with E-state index in [9.17, 15) is 18.0 Å². The molecule has 0 amide bonds. The number of carbonyl (C=O) groups is 2. The summed E-state index contributed by atoms with van der Waals surface area (Å²) in [5.41, 5.74) is -0.00699. The van der Waals surface area contributed by atoms with Gasteiger partial charge in [-0.05, 0) is 100 Å². The number of esters is 2. The van der Waals surface area contributed by atoms with Crippen molar-refractivity contribution in [2.45, 2.75) is 88.5 Å². The highest BCUT2D eigenvalue weighted by Gasteiger charge is 2.42. The SMILES string of the molecule is CC(C)(C)OC(=O)C(CCCOS(=O)(=O)c1ccc2ccccc2c1)C[C@@H](NC(c1ccccc1)(c1ccccc1)c1ccccc1)C(=O)OC(C)(C)C. The molecule has 5 aromatic carbocycles. The van der Waals surface area contributed by atoms with E-state index in [4.69, 9.17) is 13.7 Å². The molecule has 0 saturated carbocycles. The lowest BCUT2D eigenvalue weighted by Crippen LogP contribution is -2.54. The molecule has 8 nitrogen and oxygen atoms in total. The van der Waals surface area contributed by atoms with Gasteiger partial charge in [0.1, 0.15) is 17.2 Å². The normalized spacial score (nSPS) is 13.6. The Balaban J connectivity index is 1.49. The zero-order valence-corrected chi connectivity index (χ0v) is 32.8. The van der Waals surface area contributed by atoms with E-state index < -0.39 is 50.8 Å². The van der Waals surface area contributed by atoms with Crippen LogP contribution in [0.3, 0.4) is 0 Å². The van der Waals surface area contributed by atoms with Gasteiger partial charge in [0.05, 0.1) is 23.0 Å². The number of nitrogens with one attached hydrogen (secondary N) is 1. The van der Waals surface area contributed by atoms with Crippen LogP contribution in [-0.4, -0.2) is 44.2 Å². The van der Waals surface area contributed by atoms with Crippen LogP contribution in [0.4, 0.5) is 0 Å². The van der Waals surface area contributed by atoms with E-state index in [0.717, 1.165) is 27.5 Å². The lowest BCUT2D eigenvalue weighted by molar-refractivity contribution is -0.163. The molecule has 5 aromatic rings. The molecular formula is C45H51NO7S. The molecular weight excluding hydrogens is 699 g/mol. The fourth-order valence-corrected chi connectivity index (χ4v) is 7.53. The molecule has 0 aliphatic carbocycles. The van der Waals surface area contributed by atoms with Gasteiger partial charge in [0.15, 0.2) is 0 Å². The highest BCUT2D eigenvalue weighted by atomic mass is 32.2. The molecule has 54 heavy (non-hydrogen) atoms. The third kappa shape index (κ3) is 10.4. The van der Waals surface area contributed by atoms with Crippen LogP contribution in [-0.2, 0) is 38.9 Å². The zero-order chi connectivity index (χ0) is 39.0. The Morgan fingerprint density at radius 1 is 0.611 bits per heavy atom.